The van der Waals surface area contributed by atoms with E-state index >= 15 is 0 Å². The van der Waals surface area contributed by atoms with Crippen molar-refractivity contribution in [3.63, 3.8) is 0 Å². The second kappa shape index (κ2) is 7.30. The van der Waals surface area contributed by atoms with Crippen LogP contribution in [-0.4, -0.2) is 34.7 Å². The molecule has 1 aliphatic carbocycles. The van der Waals surface area contributed by atoms with E-state index in [1.807, 2.05) is 18.2 Å². The zero-order chi connectivity index (χ0) is 16.1. The number of nitrogens with zero attached hydrogens (tertiary/aromatic N) is 2. The molecule has 1 aromatic carbocycles. The van der Waals surface area contributed by atoms with Gasteiger partial charge >= 0.3 is 0 Å². The molecule has 0 bridgehead atoms. The van der Waals surface area contributed by atoms with E-state index < -0.39 is 0 Å². The van der Waals surface area contributed by atoms with Gasteiger partial charge in [0.25, 0.3) is 5.91 Å². The number of para-hydroxylation sites is 1. The summed E-state index contributed by atoms with van der Waals surface area (Å²) in [7, 11) is 0. The van der Waals surface area contributed by atoms with Crippen molar-refractivity contribution in [3.8, 4) is 0 Å². The Kier molecular flexibility index (Phi) is 4.94. The van der Waals surface area contributed by atoms with E-state index in [1.165, 1.54) is 0 Å². The molecular weight excluding hydrogens is 316 g/mol. The Morgan fingerprint density at radius 3 is 2.74 bits per heavy atom. The molecule has 1 aliphatic rings. The summed E-state index contributed by atoms with van der Waals surface area (Å²) in [6.07, 6.45) is 2.09. The van der Waals surface area contributed by atoms with E-state index in [9.17, 15) is 9.59 Å². The fourth-order valence-corrected chi connectivity index (χ4v) is 2.51. The number of carbonyl (C=O) groups excluding carboxylic acids is 2. The molecule has 0 saturated heterocycles. The number of nitrogens with one attached hydrogen (secondary N) is 2. The maximum atomic E-state index is 12.0. The molecule has 1 saturated carbocycles. The Labute approximate surface area is 137 Å². The Balaban J connectivity index is 1.45. The molecule has 0 spiro atoms. The number of hydrogen-bond donors (Lipinski definition) is 2. The average molecular weight is 332 g/mol. The van der Waals surface area contributed by atoms with E-state index in [1.54, 1.807) is 12.1 Å². The molecule has 23 heavy (non-hydrogen) atoms. The summed E-state index contributed by atoms with van der Waals surface area (Å²) in [5.41, 5.74) is 0.697. The largest absolute Gasteiger partial charge is 0.364 e. The van der Waals surface area contributed by atoms with Gasteiger partial charge in [-0.1, -0.05) is 29.5 Å². The van der Waals surface area contributed by atoms with Crippen LogP contribution in [0.2, 0.25) is 0 Å². The molecule has 8 heteroatoms. The van der Waals surface area contributed by atoms with Crippen molar-refractivity contribution in [3.05, 3.63) is 40.3 Å². The van der Waals surface area contributed by atoms with Crippen LogP contribution in [0.15, 0.2) is 30.3 Å². The number of amides is 2. The number of hydrogen-bond acceptors (Lipinski definition) is 6. The Hall–Kier alpha value is -2.32. The summed E-state index contributed by atoms with van der Waals surface area (Å²) >= 11 is 1.15. The van der Waals surface area contributed by atoms with Crippen LogP contribution in [0, 0.1) is 0 Å². The van der Waals surface area contributed by atoms with Crippen molar-refractivity contribution in [2.75, 3.05) is 11.9 Å². The molecule has 0 atom stereocenters. The highest BCUT2D eigenvalue weighted by Gasteiger charge is 2.23. The van der Waals surface area contributed by atoms with E-state index in [0.29, 0.717) is 16.7 Å². The van der Waals surface area contributed by atoms with Crippen molar-refractivity contribution in [2.24, 2.45) is 0 Å². The number of benzene rings is 1. The van der Waals surface area contributed by atoms with Gasteiger partial charge in [0.1, 0.15) is 18.2 Å². The molecule has 1 heterocycles. The fraction of sp³-hybridized carbons (Fsp3) is 0.333. The Morgan fingerprint density at radius 2 is 2.00 bits per heavy atom. The minimum absolute atomic E-state index is 0.0123. The fourth-order valence-electron chi connectivity index (χ4n) is 1.84. The molecule has 120 valence electrons. The third-order valence-electron chi connectivity index (χ3n) is 3.09. The number of ether oxygens (including phenoxy) is 1. The van der Waals surface area contributed by atoms with Gasteiger partial charge < -0.3 is 15.4 Å². The number of carbonyl (C=O) groups is 2. The van der Waals surface area contributed by atoms with Gasteiger partial charge in [0.05, 0.1) is 0 Å². The van der Waals surface area contributed by atoms with Crippen LogP contribution >= 0.6 is 11.3 Å². The van der Waals surface area contributed by atoms with Gasteiger partial charge in [-0.2, -0.15) is 0 Å². The molecule has 1 fully saturated rings. The van der Waals surface area contributed by atoms with Crippen LogP contribution in [0.25, 0.3) is 0 Å². The van der Waals surface area contributed by atoms with Crippen LogP contribution < -0.4 is 10.6 Å². The summed E-state index contributed by atoms with van der Waals surface area (Å²) in [5.74, 6) is -0.439. The third-order valence-corrected chi connectivity index (χ3v) is 3.99. The van der Waals surface area contributed by atoms with Crippen LogP contribution in [0.4, 0.5) is 5.69 Å². The summed E-state index contributed by atoms with van der Waals surface area (Å²) in [6.45, 7) is 0.149. The smallest absolute Gasteiger partial charge is 0.286 e. The van der Waals surface area contributed by atoms with Gasteiger partial charge in [-0.25, -0.2) is 0 Å². The van der Waals surface area contributed by atoms with Gasteiger partial charge in [-0.3, -0.25) is 9.59 Å². The van der Waals surface area contributed by atoms with Gasteiger partial charge in [-0.05, 0) is 25.0 Å². The van der Waals surface area contributed by atoms with Crippen molar-refractivity contribution in [1.82, 2.24) is 15.5 Å². The summed E-state index contributed by atoms with van der Waals surface area (Å²) in [5, 5.41) is 14.1. The van der Waals surface area contributed by atoms with Crippen LogP contribution in [0.5, 0.6) is 0 Å². The number of aromatic nitrogens is 2. The first-order valence-electron chi connectivity index (χ1n) is 7.26. The molecule has 7 nitrogen and oxygen atoms in total. The van der Waals surface area contributed by atoms with Gasteiger partial charge in [0, 0.05) is 11.7 Å². The van der Waals surface area contributed by atoms with Crippen molar-refractivity contribution >= 4 is 28.8 Å². The quantitative estimate of drug-likeness (QED) is 0.803. The SMILES string of the molecule is O=C(COCc1nnc(C(=O)Nc2ccccc2)s1)NC1CC1. The first-order chi connectivity index (χ1) is 11.2. The topological polar surface area (TPSA) is 93.2 Å². The van der Waals surface area contributed by atoms with Crippen molar-refractivity contribution in [1.29, 1.82) is 0 Å². The second-order valence-electron chi connectivity index (χ2n) is 5.16. The van der Waals surface area contributed by atoms with Gasteiger partial charge in [0.15, 0.2) is 0 Å². The van der Waals surface area contributed by atoms with Crippen molar-refractivity contribution in [2.45, 2.75) is 25.5 Å². The molecule has 3 rings (SSSR count). The predicted molar refractivity (Wildman–Crippen MR) is 85.1 cm³/mol. The van der Waals surface area contributed by atoms with Crippen molar-refractivity contribution < 1.29 is 14.3 Å². The summed E-state index contributed by atoms with van der Waals surface area (Å²) < 4.78 is 5.29. The minimum Gasteiger partial charge on any atom is -0.364 e. The molecular formula is C15H16N4O3S. The first kappa shape index (κ1) is 15.6. The van der Waals surface area contributed by atoms with Gasteiger partial charge in [0.2, 0.25) is 10.9 Å². The Morgan fingerprint density at radius 1 is 1.22 bits per heavy atom. The highest BCUT2D eigenvalue weighted by molar-refractivity contribution is 7.13. The van der Waals surface area contributed by atoms with Crippen LogP contribution in [0.3, 0.4) is 0 Å². The standard InChI is InChI=1S/C15H16N4O3S/c20-12(16-11-6-7-11)8-22-9-13-18-19-15(23-13)14(21)17-10-4-2-1-3-5-10/h1-5,11H,6-9H2,(H,16,20)(H,17,21). The number of anilines is 1. The highest BCUT2D eigenvalue weighted by atomic mass is 32.1. The maximum Gasteiger partial charge on any atom is 0.286 e. The van der Waals surface area contributed by atoms with Crippen LogP contribution in [0.1, 0.15) is 27.7 Å². The minimum atomic E-state index is -0.313. The molecule has 0 radical (unpaired) electrons. The zero-order valence-electron chi connectivity index (χ0n) is 12.3. The maximum absolute atomic E-state index is 12.0. The summed E-state index contributed by atoms with van der Waals surface area (Å²) in [4.78, 5) is 23.5. The normalized spacial score (nSPS) is 13.6. The molecule has 0 unspecified atom stereocenters. The zero-order valence-corrected chi connectivity index (χ0v) is 13.1. The average Bonchev–Trinajstić information content (AvgIpc) is 3.23. The third kappa shape index (κ3) is 4.83. The molecule has 2 N–H and O–H groups in total. The van der Waals surface area contributed by atoms with E-state index in [4.69, 9.17) is 4.74 Å². The predicted octanol–water partition coefficient (Wildman–Crippen LogP) is 1.59. The second-order valence-corrected chi connectivity index (χ2v) is 6.22. The molecule has 2 amide bonds. The molecule has 1 aromatic heterocycles. The van der Waals surface area contributed by atoms with E-state index in [2.05, 4.69) is 20.8 Å². The Bertz CT molecular complexity index is 685. The monoisotopic (exact) mass is 332 g/mol. The lowest BCUT2D eigenvalue weighted by Gasteiger charge is -2.02. The highest BCUT2D eigenvalue weighted by Crippen LogP contribution is 2.18. The lowest BCUT2D eigenvalue weighted by atomic mass is 10.3. The van der Waals surface area contributed by atoms with Crippen LogP contribution in [-0.2, 0) is 16.1 Å². The lowest BCUT2D eigenvalue weighted by molar-refractivity contribution is -0.126. The number of rotatable bonds is 7. The lowest BCUT2D eigenvalue weighted by Crippen LogP contribution is -2.29. The first-order valence-corrected chi connectivity index (χ1v) is 8.08. The molecule has 2 aromatic rings. The van der Waals surface area contributed by atoms with E-state index in [0.717, 1.165) is 24.2 Å². The van der Waals surface area contributed by atoms with Gasteiger partial charge in [-0.15, -0.1) is 10.2 Å². The molecule has 0 aliphatic heterocycles. The summed E-state index contributed by atoms with van der Waals surface area (Å²) in [6, 6.07) is 9.45. The van der Waals surface area contributed by atoms with E-state index in [-0.39, 0.29) is 30.0 Å².